The van der Waals surface area contributed by atoms with E-state index in [4.69, 9.17) is 0 Å². The van der Waals surface area contributed by atoms with Crippen LogP contribution in [0.2, 0.25) is 0 Å². The monoisotopic (exact) mass is 314 g/mol. The van der Waals surface area contributed by atoms with E-state index in [1.807, 2.05) is 25.1 Å². The summed E-state index contributed by atoms with van der Waals surface area (Å²) in [6, 6.07) is 12.0. The van der Waals surface area contributed by atoms with Gasteiger partial charge in [0.2, 0.25) is 0 Å². The summed E-state index contributed by atoms with van der Waals surface area (Å²) in [5, 5.41) is 3.00. The first-order valence-electron chi connectivity index (χ1n) is 7.74. The first-order chi connectivity index (χ1) is 10.9. The van der Waals surface area contributed by atoms with E-state index in [0.717, 1.165) is 22.4 Å². The summed E-state index contributed by atoms with van der Waals surface area (Å²) in [6.07, 6.45) is 0. The zero-order chi connectivity index (χ0) is 17.0. The lowest BCUT2D eigenvalue weighted by Crippen LogP contribution is -2.31. The second kappa shape index (κ2) is 7.27. The number of urea groups is 1. The van der Waals surface area contributed by atoms with Crippen LogP contribution in [0, 0.1) is 12.7 Å². The Morgan fingerprint density at radius 3 is 2.43 bits per heavy atom. The van der Waals surface area contributed by atoms with Crippen LogP contribution >= 0.6 is 0 Å². The largest absolute Gasteiger partial charge is 0.323 e. The van der Waals surface area contributed by atoms with Gasteiger partial charge in [-0.25, -0.2) is 9.18 Å². The Morgan fingerprint density at radius 1 is 1.17 bits per heavy atom. The average molecular weight is 314 g/mol. The van der Waals surface area contributed by atoms with Gasteiger partial charge in [-0.3, -0.25) is 0 Å². The van der Waals surface area contributed by atoms with Gasteiger partial charge in [0.25, 0.3) is 0 Å². The number of rotatable bonds is 4. The molecule has 2 rings (SSSR count). The Morgan fingerprint density at radius 2 is 1.83 bits per heavy atom. The molecule has 23 heavy (non-hydrogen) atoms. The lowest BCUT2D eigenvalue weighted by atomic mass is 9.98. The molecule has 0 unspecified atom stereocenters. The Bertz CT molecular complexity index is 680. The second-order valence-electron chi connectivity index (χ2n) is 6.11. The maximum absolute atomic E-state index is 12.9. The SMILES string of the molecule is Cc1cccc(C(C)C)c1NC(=O)N(C)Cc1ccc(F)cc1. The van der Waals surface area contributed by atoms with Gasteiger partial charge < -0.3 is 10.2 Å². The molecule has 0 aliphatic heterocycles. The Hall–Kier alpha value is -2.36. The molecule has 0 fully saturated rings. The molecule has 0 saturated heterocycles. The number of carbonyl (C=O) groups excluding carboxylic acids is 1. The number of hydrogen-bond acceptors (Lipinski definition) is 1. The fourth-order valence-corrected chi connectivity index (χ4v) is 2.48. The van der Waals surface area contributed by atoms with Gasteiger partial charge >= 0.3 is 6.03 Å². The van der Waals surface area contributed by atoms with Crippen LogP contribution in [0.4, 0.5) is 14.9 Å². The average Bonchev–Trinajstić information content (AvgIpc) is 2.51. The third-order valence-corrected chi connectivity index (χ3v) is 3.84. The molecule has 3 nitrogen and oxygen atoms in total. The molecule has 0 saturated carbocycles. The van der Waals surface area contributed by atoms with E-state index < -0.39 is 0 Å². The van der Waals surface area contributed by atoms with Crippen LogP contribution < -0.4 is 5.32 Å². The zero-order valence-corrected chi connectivity index (χ0v) is 14.1. The highest BCUT2D eigenvalue weighted by atomic mass is 19.1. The molecule has 0 aliphatic carbocycles. The van der Waals surface area contributed by atoms with Gasteiger partial charge in [0.05, 0.1) is 0 Å². The molecule has 0 bridgehead atoms. The van der Waals surface area contributed by atoms with Crippen molar-refractivity contribution in [3.63, 3.8) is 0 Å². The fraction of sp³-hybridized carbons (Fsp3) is 0.316. The molecule has 0 heterocycles. The van der Waals surface area contributed by atoms with Crippen molar-refractivity contribution >= 4 is 11.7 Å². The first kappa shape index (κ1) is 17.0. The smallest absolute Gasteiger partial charge is 0.321 e. The van der Waals surface area contributed by atoms with E-state index in [1.165, 1.54) is 12.1 Å². The highest BCUT2D eigenvalue weighted by Crippen LogP contribution is 2.27. The molecule has 0 radical (unpaired) electrons. The summed E-state index contributed by atoms with van der Waals surface area (Å²) < 4.78 is 12.9. The zero-order valence-electron chi connectivity index (χ0n) is 14.1. The van der Waals surface area contributed by atoms with Crippen LogP contribution in [-0.2, 0) is 6.54 Å². The molecule has 4 heteroatoms. The van der Waals surface area contributed by atoms with Crippen LogP contribution in [-0.4, -0.2) is 18.0 Å². The fourth-order valence-electron chi connectivity index (χ4n) is 2.48. The highest BCUT2D eigenvalue weighted by Gasteiger charge is 2.15. The topological polar surface area (TPSA) is 32.3 Å². The van der Waals surface area contributed by atoms with Gasteiger partial charge in [-0.05, 0) is 41.7 Å². The van der Waals surface area contributed by atoms with Crippen molar-refractivity contribution < 1.29 is 9.18 Å². The van der Waals surface area contributed by atoms with Gasteiger partial charge in [0, 0.05) is 19.3 Å². The molecular weight excluding hydrogens is 291 g/mol. The van der Waals surface area contributed by atoms with Crippen LogP contribution in [0.15, 0.2) is 42.5 Å². The predicted octanol–water partition coefficient (Wildman–Crippen LogP) is 4.92. The van der Waals surface area contributed by atoms with E-state index in [-0.39, 0.29) is 11.8 Å². The van der Waals surface area contributed by atoms with Crippen molar-refractivity contribution in [3.8, 4) is 0 Å². The highest BCUT2D eigenvalue weighted by molar-refractivity contribution is 5.91. The molecule has 0 aliphatic rings. The van der Waals surface area contributed by atoms with E-state index >= 15 is 0 Å². The minimum atomic E-state index is -0.276. The van der Waals surface area contributed by atoms with E-state index in [9.17, 15) is 9.18 Å². The Labute approximate surface area is 137 Å². The van der Waals surface area contributed by atoms with E-state index in [1.54, 1.807) is 24.1 Å². The number of nitrogens with one attached hydrogen (secondary N) is 1. The third-order valence-electron chi connectivity index (χ3n) is 3.84. The van der Waals surface area contributed by atoms with Gasteiger partial charge in [0.15, 0.2) is 0 Å². The normalized spacial score (nSPS) is 10.7. The van der Waals surface area contributed by atoms with Crippen molar-refractivity contribution in [1.29, 1.82) is 0 Å². The van der Waals surface area contributed by atoms with Crippen LogP contribution in [0.1, 0.15) is 36.5 Å². The van der Waals surface area contributed by atoms with Crippen molar-refractivity contribution in [3.05, 3.63) is 65.0 Å². The van der Waals surface area contributed by atoms with E-state index in [2.05, 4.69) is 19.2 Å². The molecule has 0 aromatic heterocycles. The minimum absolute atomic E-state index is 0.175. The number of anilines is 1. The maximum atomic E-state index is 12.9. The quantitative estimate of drug-likeness (QED) is 0.853. The minimum Gasteiger partial charge on any atom is -0.323 e. The Kier molecular flexibility index (Phi) is 5.37. The Balaban J connectivity index is 2.11. The number of para-hydroxylation sites is 1. The standard InChI is InChI=1S/C19H23FN2O/c1-13(2)17-7-5-6-14(3)18(17)21-19(23)22(4)12-15-8-10-16(20)11-9-15/h5-11,13H,12H2,1-4H3,(H,21,23). The van der Waals surface area contributed by atoms with E-state index in [0.29, 0.717) is 12.5 Å². The van der Waals surface area contributed by atoms with Crippen molar-refractivity contribution in [2.45, 2.75) is 33.2 Å². The van der Waals surface area contributed by atoms with Gasteiger partial charge in [-0.15, -0.1) is 0 Å². The number of benzene rings is 2. The lowest BCUT2D eigenvalue weighted by molar-refractivity contribution is 0.220. The number of amides is 2. The van der Waals surface area contributed by atoms with Crippen LogP contribution in [0.25, 0.3) is 0 Å². The molecule has 2 aromatic rings. The van der Waals surface area contributed by atoms with Crippen LogP contribution in [0.3, 0.4) is 0 Å². The summed E-state index contributed by atoms with van der Waals surface area (Å²) >= 11 is 0. The van der Waals surface area contributed by atoms with Gasteiger partial charge in [-0.2, -0.15) is 0 Å². The van der Waals surface area contributed by atoms with Crippen LogP contribution in [0.5, 0.6) is 0 Å². The second-order valence-corrected chi connectivity index (χ2v) is 6.11. The summed E-state index contributed by atoms with van der Waals surface area (Å²) in [4.78, 5) is 14.0. The molecule has 2 aromatic carbocycles. The number of hydrogen-bond donors (Lipinski definition) is 1. The third kappa shape index (κ3) is 4.31. The summed E-state index contributed by atoms with van der Waals surface area (Å²) in [5.41, 5.74) is 3.92. The van der Waals surface area contributed by atoms with Crippen molar-refractivity contribution in [2.75, 3.05) is 12.4 Å². The number of carbonyl (C=O) groups is 1. The first-order valence-corrected chi connectivity index (χ1v) is 7.74. The number of aryl methyl sites for hydroxylation is 1. The predicted molar refractivity (Wildman–Crippen MR) is 92.2 cm³/mol. The number of nitrogens with zero attached hydrogens (tertiary/aromatic N) is 1. The molecule has 0 atom stereocenters. The van der Waals surface area contributed by atoms with Gasteiger partial charge in [-0.1, -0.05) is 44.2 Å². The molecule has 1 N–H and O–H groups in total. The summed E-state index contributed by atoms with van der Waals surface area (Å²) in [5.74, 6) is 0.0509. The van der Waals surface area contributed by atoms with Crippen molar-refractivity contribution in [2.24, 2.45) is 0 Å². The lowest BCUT2D eigenvalue weighted by Gasteiger charge is -2.21. The molecule has 122 valence electrons. The van der Waals surface area contributed by atoms with Gasteiger partial charge in [0.1, 0.15) is 5.82 Å². The number of halogens is 1. The molecular formula is C19H23FN2O. The summed E-state index contributed by atoms with van der Waals surface area (Å²) in [6.45, 7) is 6.62. The maximum Gasteiger partial charge on any atom is 0.321 e. The molecule has 2 amide bonds. The molecule has 0 spiro atoms. The summed E-state index contributed by atoms with van der Waals surface area (Å²) in [7, 11) is 1.73. The van der Waals surface area contributed by atoms with Crippen molar-refractivity contribution in [1.82, 2.24) is 4.90 Å².